The van der Waals surface area contributed by atoms with Gasteiger partial charge in [-0.3, -0.25) is 9.69 Å². The van der Waals surface area contributed by atoms with Crippen LogP contribution in [0.25, 0.3) is 6.08 Å². The highest BCUT2D eigenvalue weighted by Gasteiger charge is 2.34. The number of thiocarbonyl (C=S) groups is 1. The van der Waals surface area contributed by atoms with E-state index >= 15 is 0 Å². The van der Waals surface area contributed by atoms with E-state index in [2.05, 4.69) is 0 Å². The lowest BCUT2D eigenvalue weighted by Gasteiger charge is -2.15. The van der Waals surface area contributed by atoms with Gasteiger partial charge in [0.05, 0.1) is 21.7 Å². The number of carbonyl (C=O) groups is 2. The van der Waals surface area contributed by atoms with Gasteiger partial charge in [-0.25, -0.2) is 4.79 Å². The number of hydrogen-bond donors (Lipinski definition) is 1. The fourth-order valence-corrected chi connectivity index (χ4v) is 3.66. The summed E-state index contributed by atoms with van der Waals surface area (Å²) in [6.07, 6.45) is -2.91. The summed E-state index contributed by atoms with van der Waals surface area (Å²) in [5, 5.41) is 8.90. The van der Waals surface area contributed by atoms with E-state index in [4.69, 9.17) is 17.3 Å². The fourth-order valence-electron chi connectivity index (χ4n) is 2.36. The largest absolute Gasteiger partial charge is 0.478 e. The molecule has 0 aromatic heterocycles. The zero-order valence-corrected chi connectivity index (χ0v) is 15.0. The smallest absolute Gasteiger partial charge is 0.416 e. The van der Waals surface area contributed by atoms with Crippen LogP contribution in [-0.4, -0.2) is 21.3 Å². The first-order valence-electron chi connectivity index (χ1n) is 7.45. The molecule has 3 rings (SSSR count). The maximum absolute atomic E-state index is 12.7. The van der Waals surface area contributed by atoms with Gasteiger partial charge in [-0.1, -0.05) is 36.1 Å². The number of amides is 1. The molecule has 0 bridgehead atoms. The van der Waals surface area contributed by atoms with Gasteiger partial charge in [0.2, 0.25) is 0 Å². The Labute approximate surface area is 161 Å². The number of alkyl halides is 3. The van der Waals surface area contributed by atoms with Gasteiger partial charge in [-0.15, -0.1) is 0 Å². The fraction of sp³-hybridized carbons (Fsp3) is 0.0556. The lowest BCUT2D eigenvalue weighted by Crippen LogP contribution is -2.27. The van der Waals surface area contributed by atoms with Crippen molar-refractivity contribution in [3.05, 3.63) is 70.1 Å². The van der Waals surface area contributed by atoms with Crippen LogP contribution in [0.15, 0.2) is 53.4 Å². The molecule has 0 saturated carbocycles. The molecule has 27 heavy (non-hydrogen) atoms. The monoisotopic (exact) mass is 409 g/mol. The number of rotatable bonds is 3. The minimum atomic E-state index is -4.46. The molecule has 138 valence electrons. The number of thioether (sulfide) groups is 1. The number of carboxylic acids is 1. The van der Waals surface area contributed by atoms with Crippen molar-refractivity contribution in [2.24, 2.45) is 0 Å². The van der Waals surface area contributed by atoms with Gasteiger partial charge in [0.1, 0.15) is 0 Å². The van der Waals surface area contributed by atoms with E-state index in [1.165, 1.54) is 24.3 Å². The lowest BCUT2D eigenvalue weighted by molar-refractivity contribution is -0.137. The number of anilines is 1. The second-order valence-corrected chi connectivity index (χ2v) is 7.16. The Kier molecular flexibility index (Phi) is 5.07. The summed E-state index contributed by atoms with van der Waals surface area (Å²) < 4.78 is 38.2. The highest BCUT2D eigenvalue weighted by molar-refractivity contribution is 8.27. The molecule has 1 N–H and O–H groups in total. The van der Waals surface area contributed by atoms with Gasteiger partial charge in [0, 0.05) is 0 Å². The molecule has 1 aliphatic rings. The normalized spacial score (nSPS) is 16.3. The Balaban J connectivity index is 1.85. The van der Waals surface area contributed by atoms with Crippen LogP contribution in [-0.2, 0) is 11.0 Å². The van der Waals surface area contributed by atoms with Crippen molar-refractivity contribution in [2.75, 3.05) is 4.90 Å². The summed E-state index contributed by atoms with van der Waals surface area (Å²) in [5.74, 6) is -1.51. The zero-order valence-electron chi connectivity index (χ0n) is 13.4. The van der Waals surface area contributed by atoms with Crippen molar-refractivity contribution in [1.29, 1.82) is 0 Å². The summed E-state index contributed by atoms with van der Waals surface area (Å²) >= 11 is 6.20. The lowest BCUT2D eigenvalue weighted by atomic mass is 10.1. The van der Waals surface area contributed by atoms with Crippen molar-refractivity contribution in [2.45, 2.75) is 6.18 Å². The molecule has 9 heteroatoms. The first kappa shape index (κ1) is 19.1. The Morgan fingerprint density at radius 1 is 1.07 bits per heavy atom. The van der Waals surface area contributed by atoms with Gasteiger partial charge < -0.3 is 5.11 Å². The third kappa shape index (κ3) is 4.04. The Bertz CT molecular complexity index is 951. The van der Waals surface area contributed by atoms with E-state index in [0.717, 1.165) is 28.8 Å². The molecule has 2 aromatic carbocycles. The van der Waals surface area contributed by atoms with Crippen molar-refractivity contribution in [3.63, 3.8) is 0 Å². The first-order valence-corrected chi connectivity index (χ1v) is 8.68. The minimum Gasteiger partial charge on any atom is -0.478 e. The van der Waals surface area contributed by atoms with E-state index in [1.807, 2.05) is 0 Å². The second kappa shape index (κ2) is 7.16. The van der Waals surface area contributed by atoms with Gasteiger partial charge >= 0.3 is 12.1 Å². The third-order valence-electron chi connectivity index (χ3n) is 3.70. The number of halogens is 3. The number of carbonyl (C=O) groups excluding carboxylic acids is 1. The average Bonchev–Trinajstić information content (AvgIpc) is 2.88. The molecule has 1 saturated heterocycles. The minimum absolute atomic E-state index is 0.115. The van der Waals surface area contributed by atoms with Crippen molar-refractivity contribution in [1.82, 2.24) is 0 Å². The van der Waals surface area contributed by atoms with Gasteiger partial charge in [0.25, 0.3) is 5.91 Å². The number of hydrogen-bond acceptors (Lipinski definition) is 4. The summed E-state index contributed by atoms with van der Waals surface area (Å²) in [5.41, 5.74) is 0.151. The highest BCUT2D eigenvalue weighted by Crippen LogP contribution is 2.37. The molecule has 0 unspecified atom stereocenters. The molecule has 0 atom stereocenters. The molecule has 1 heterocycles. The zero-order chi connectivity index (χ0) is 19.8. The van der Waals surface area contributed by atoms with Crippen molar-refractivity contribution in [3.8, 4) is 0 Å². The van der Waals surface area contributed by atoms with Gasteiger partial charge in [0.15, 0.2) is 4.32 Å². The quantitative estimate of drug-likeness (QED) is 0.583. The van der Waals surface area contributed by atoms with E-state index in [9.17, 15) is 22.8 Å². The van der Waals surface area contributed by atoms with Crippen LogP contribution >= 0.6 is 24.0 Å². The Hall–Kier alpha value is -2.65. The topological polar surface area (TPSA) is 57.6 Å². The van der Waals surface area contributed by atoms with E-state index < -0.39 is 23.6 Å². The molecule has 0 aliphatic carbocycles. The van der Waals surface area contributed by atoms with Crippen LogP contribution in [0, 0.1) is 0 Å². The molecular weight excluding hydrogens is 399 g/mol. The summed E-state index contributed by atoms with van der Waals surface area (Å²) in [7, 11) is 0. The van der Waals surface area contributed by atoms with E-state index in [0.29, 0.717) is 10.5 Å². The first-order chi connectivity index (χ1) is 12.7. The highest BCUT2D eigenvalue weighted by atomic mass is 32.2. The maximum atomic E-state index is 12.7. The summed E-state index contributed by atoms with van der Waals surface area (Å²) in [4.78, 5) is 24.9. The van der Waals surface area contributed by atoms with Crippen LogP contribution < -0.4 is 4.90 Å². The number of nitrogens with zero attached hydrogens (tertiary/aromatic N) is 1. The predicted octanol–water partition coefficient (Wildman–Crippen LogP) is 4.81. The number of carboxylic acid groups (broad SMARTS) is 1. The Morgan fingerprint density at radius 2 is 1.67 bits per heavy atom. The third-order valence-corrected chi connectivity index (χ3v) is 5.00. The molecule has 0 radical (unpaired) electrons. The van der Waals surface area contributed by atoms with Crippen molar-refractivity contribution >= 4 is 51.9 Å². The maximum Gasteiger partial charge on any atom is 0.416 e. The summed E-state index contributed by atoms with van der Waals surface area (Å²) in [6, 6.07) is 10.1. The molecular formula is C18H10F3NO3S2. The SMILES string of the molecule is O=C(O)c1ccc(/C=C2\SC(=S)N(c3ccc(C(F)(F)F)cc3)C2=O)cc1. The number of aromatic carboxylic acids is 1. The van der Waals surface area contributed by atoms with E-state index in [1.54, 1.807) is 18.2 Å². The predicted molar refractivity (Wildman–Crippen MR) is 100 cm³/mol. The van der Waals surface area contributed by atoms with Crippen LogP contribution in [0.3, 0.4) is 0 Å². The van der Waals surface area contributed by atoms with Gasteiger partial charge in [-0.2, -0.15) is 13.2 Å². The molecule has 0 spiro atoms. The van der Waals surface area contributed by atoms with Crippen molar-refractivity contribution < 1.29 is 27.9 Å². The van der Waals surface area contributed by atoms with Crippen LogP contribution in [0.5, 0.6) is 0 Å². The summed E-state index contributed by atoms with van der Waals surface area (Å²) in [6.45, 7) is 0. The molecule has 1 amide bonds. The molecule has 1 aliphatic heterocycles. The molecule has 1 fully saturated rings. The standard InChI is InChI=1S/C18H10F3NO3S2/c19-18(20,21)12-5-7-13(8-6-12)22-15(23)14(27-17(22)26)9-10-1-3-11(4-2-10)16(24)25/h1-9H,(H,24,25)/b14-9-. The van der Waals surface area contributed by atoms with E-state index in [-0.39, 0.29) is 15.6 Å². The second-order valence-electron chi connectivity index (χ2n) is 5.49. The number of benzene rings is 2. The van der Waals surface area contributed by atoms with Crippen LogP contribution in [0.2, 0.25) is 0 Å². The van der Waals surface area contributed by atoms with Crippen LogP contribution in [0.1, 0.15) is 21.5 Å². The van der Waals surface area contributed by atoms with Gasteiger partial charge in [-0.05, 0) is 48.0 Å². The molecule has 4 nitrogen and oxygen atoms in total. The Morgan fingerprint density at radius 3 is 2.19 bits per heavy atom. The van der Waals surface area contributed by atoms with Crippen LogP contribution in [0.4, 0.5) is 18.9 Å². The average molecular weight is 409 g/mol. The molecule has 2 aromatic rings.